The molecular weight excluding hydrogens is 229 g/mol. The van der Waals surface area contributed by atoms with Gasteiger partial charge < -0.3 is 0 Å². The van der Waals surface area contributed by atoms with E-state index in [4.69, 9.17) is 0 Å². The number of nitro benzene ring substituents is 1. The lowest BCUT2D eigenvalue weighted by molar-refractivity contribution is -0.387. The molecule has 0 saturated carbocycles. The summed E-state index contributed by atoms with van der Waals surface area (Å²) in [5.41, 5.74) is 0.557. The molecule has 0 spiro atoms. The van der Waals surface area contributed by atoms with Crippen LogP contribution in [-0.4, -0.2) is 10.7 Å². The Morgan fingerprint density at radius 3 is 2.81 bits per heavy atom. The van der Waals surface area contributed by atoms with E-state index in [1.807, 2.05) is 0 Å². The Labute approximate surface area is 98.2 Å². The van der Waals surface area contributed by atoms with Crippen LogP contribution in [0.15, 0.2) is 12.1 Å². The normalized spacial score (nSPS) is 9.44. The molecule has 0 N–H and O–H groups in total. The van der Waals surface area contributed by atoms with Gasteiger partial charge >= 0.3 is 5.69 Å². The van der Waals surface area contributed by atoms with Gasteiger partial charge in [-0.1, -0.05) is 11.8 Å². The van der Waals surface area contributed by atoms with E-state index in [1.165, 1.54) is 6.07 Å². The first-order valence-corrected chi connectivity index (χ1v) is 5.23. The molecule has 0 aliphatic heterocycles. The molecular formula is C11H10FNO2S. The van der Waals surface area contributed by atoms with Gasteiger partial charge in [-0.15, -0.1) is 0 Å². The molecule has 1 rings (SSSR count). The molecule has 16 heavy (non-hydrogen) atoms. The van der Waals surface area contributed by atoms with Crippen LogP contribution < -0.4 is 0 Å². The van der Waals surface area contributed by atoms with Gasteiger partial charge in [0, 0.05) is 23.8 Å². The molecule has 0 amide bonds. The first-order valence-electron chi connectivity index (χ1n) is 4.60. The standard InChI is InChI=1S/C11H10FNO2S/c1-8-6-11(13(14)15)10(12)7-9(8)4-2-3-5-16/h6-7,16H,3,5H2,1H3. The predicted octanol–water partition coefficient (Wildman–Crippen LogP) is 2.71. The van der Waals surface area contributed by atoms with Crippen LogP contribution in [-0.2, 0) is 0 Å². The molecule has 0 saturated heterocycles. The Hall–Kier alpha value is -1.54. The van der Waals surface area contributed by atoms with E-state index < -0.39 is 16.4 Å². The van der Waals surface area contributed by atoms with Crippen molar-refractivity contribution in [1.29, 1.82) is 0 Å². The Morgan fingerprint density at radius 1 is 1.56 bits per heavy atom. The maximum absolute atomic E-state index is 13.3. The van der Waals surface area contributed by atoms with Gasteiger partial charge in [0.1, 0.15) is 0 Å². The maximum Gasteiger partial charge on any atom is 0.305 e. The molecule has 0 aliphatic carbocycles. The average Bonchev–Trinajstić information content (AvgIpc) is 2.22. The summed E-state index contributed by atoms with van der Waals surface area (Å²) in [5, 5.41) is 10.5. The molecule has 0 radical (unpaired) electrons. The number of nitro groups is 1. The number of aryl methyl sites for hydroxylation is 1. The molecule has 0 unspecified atom stereocenters. The van der Waals surface area contributed by atoms with Gasteiger partial charge in [0.15, 0.2) is 0 Å². The van der Waals surface area contributed by atoms with Crippen LogP contribution in [0.4, 0.5) is 10.1 Å². The van der Waals surface area contributed by atoms with Crippen molar-refractivity contribution in [3.63, 3.8) is 0 Å². The zero-order chi connectivity index (χ0) is 12.1. The second-order valence-electron chi connectivity index (χ2n) is 3.15. The summed E-state index contributed by atoms with van der Waals surface area (Å²) in [6.07, 6.45) is 0.598. The largest absolute Gasteiger partial charge is 0.305 e. The lowest BCUT2D eigenvalue weighted by Crippen LogP contribution is -1.95. The Morgan fingerprint density at radius 2 is 2.25 bits per heavy atom. The fourth-order valence-corrected chi connectivity index (χ4v) is 1.27. The maximum atomic E-state index is 13.3. The minimum atomic E-state index is -0.856. The third kappa shape index (κ3) is 2.97. The number of benzene rings is 1. The fraction of sp³-hybridized carbons (Fsp3) is 0.273. The van der Waals surface area contributed by atoms with E-state index in [-0.39, 0.29) is 0 Å². The minimum absolute atomic E-state index is 0.477. The van der Waals surface area contributed by atoms with Crippen LogP contribution >= 0.6 is 12.6 Å². The van der Waals surface area contributed by atoms with Gasteiger partial charge in [-0.2, -0.15) is 17.0 Å². The first kappa shape index (κ1) is 12.5. The van der Waals surface area contributed by atoms with E-state index in [2.05, 4.69) is 24.5 Å². The van der Waals surface area contributed by atoms with Crippen LogP contribution in [0.3, 0.4) is 0 Å². The first-order chi connectivity index (χ1) is 7.56. The molecule has 0 heterocycles. The van der Waals surface area contributed by atoms with Crippen LogP contribution in [0.25, 0.3) is 0 Å². The highest BCUT2D eigenvalue weighted by atomic mass is 32.1. The second-order valence-corrected chi connectivity index (χ2v) is 3.60. The Kier molecular flexibility index (Phi) is 4.32. The van der Waals surface area contributed by atoms with Crippen LogP contribution in [0, 0.1) is 34.7 Å². The van der Waals surface area contributed by atoms with E-state index in [1.54, 1.807) is 6.92 Å². The highest BCUT2D eigenvalue weighted by Gasteiger charge is 2.15. The molecule has 3 nitrogen and oxygen atoms in total. The van der Waals surface area contributed by atoms with Crippen molar-refractivity contribution in [2.24, 2.45) is 0 Å². The zero-order valence-electron chi connectivity index (χ0n) is 8.66. The predicted molar refractivity (Wildman–Crippen MR) is 63.1 cm³/mol. The monoisotopic (exact) mass is 239 g/mol. The van der Waals surface area contributed by atoms with Crippen LogP contribution in [0.5, 0.6) is 0 Å². The number of rotatable bonds is 2. The lowest BCUT2D eigenvalue weighted by atomic mass is 10.1. The van der Waals surface area contributed by atoms with Crippen molar-refractivity contribution >= 4 is 18.3 Å². The summed E-state index contributed by atoms with van der Waals surface area (Å²) in [7, 11) is 0. The summed E-state index contributed by atoms with van der Waals surface area (Å²) >= 11 is 3.99. The highest BCUT2D eigenvalue weighted by molar-refractivity contribution is 7.80. The molecule has 0 aliphatic rings. The Bertz CT molecular complexity index is 477. The van der Waals surface area contributed by atoms with Gasteiger partial charge in [0.2, 0.25) is 5.82 Å². The third-order valence-corrected chi connectivity index (χ3v) is 2.17. The van der Waals surface area contributed by atoms with Crippen LogP contribution in [0.1, 0.15) is 17.5 Å². The molecule has 1 aromatic rings. The summed E-state index contributed by atoms with van der Waals surface area (Å²) in [5.74, 6) is 5.34. The zero-order valence-corrected chi connectivity index (χ0v) is 9.55. The van der Waals surface area contributed by atoms with Crippen molar-refractivity contribution in [2.75, 3.05) is 5.75 Å². The van der Waals surface area contributed by atoms with Crippen molar-refractivity contribution in [1.82, 2.24) is 0 Å². The molecule has 84 valence electrons. The van der Waals surface area contributed by atoms with Crippen molar-refractivity contribution in [3.8, 4) is 11.8 Å². The van der Waals surface area contributed by atoms with Gasteiger partial charge in [0.05, 0.1) is 4.92 Å². The van der Waals surface area contributed by atoms with E-state index in [0.717, 1.165) is 6.07 Å². The topological polar surface area (TPSA) is 43.1 Å². The van der Waals surface area contributed by atoms with Gasteiger partial charge in [-0.05, 0) is 18.6 Å². The molecule has 5 heteroatoms. The molecule has 0 fully saturated rings. The molecule has 0 atom stereocenters. The minimum Gasteiger partial charge on any atom is -0.258 e. The van der Waals surface area contributed by atoms with Crippen LogP contribution in [0.2, 0.25) is 0 Å². The SMILES string of the molecule is Cc1cc([N+](=O)[O-])c(F)cc1C#CCCS. The lowest BCUT2D eigenvalue weighted by Gasteiger charge is -1.99. The molecule has 1 aromatic carbocycles. The summed E-state index contributed by atoms with van der Waals surface area (Å²) in [4.78, 5) is 9.72. The number of halogens is 1. The molecule has 0 bridgehead atoms. The molecule has 0 aromatic heterocycles. The number of hydrogen-bond acceptors (Lipinski definition) is 3. The highest BCUT2D eigenvalue weighted by Crippen LogP contribution is 2.21. The quantitative estimate of drug-likeness (QED) is 0.373. The summed E-state index contributed by atoms with van der Waals surface area (Å²) in [6, 6.07) is 2.29. The average molecular weight is 239 g/mol. The number of hydrogen-bond donors (Lipinski definition) is 1. The van der Waals surface area contributed by atoms with E-state index >= 15 is 0 Å². The fourth-order valence-electron chi connectivity index (χ4n) is 1.15. The van der Waals surface area contributed by atoms with E-state index in [9.17, 15) is 14.5 Å². The smallest absolute Gasteiger partial charge is 0.258 e. The van der Waals surface area contributed by atoms with Crippen molar-refractivity contribution in [3.05, 3.63) is 39.2 Å². The number of thiol groups is 1. The summed E-state index contributed by atoms with van der Waals surface area (Å²) in [6.45, 7) is 1.66. The van der Waals surface area contributed by atoms with Gasteiger partial charge in [-0.25, -0.2) is 0 Å². The number of nitrogens with zero attached hydrogens (tertiary/aromatic N) is 1. The van der Waals surface area contributed by atoms with E-state index in [0.29, 0.717) is 23.3 Å². The van der Waals surface area contributed by atoms with Crippen molar-refractivity contribution < 1.29 is 9.31 Å². The summed E-state index contributed by atoms with van der Waals surface area (Å²) < 4.78 is 13.3. The third-order valence-electron chi connectivity index (χ3n) is 1.95. The van der Waals surface area contributed by atoms with Crippen molar-refractivity contribution in [2.45, 2.75) is 13.3 Å². The van der Waals surface area contributed by atoms with Gasteiger partial charge in [-0.3, -0.25) is 10.1 Å². The Balaban J connectivity index is 3.12. The van der Waals surface area contributed by atoms with Gasteiger partial charge in [0.25, 0.3) is 0 Å². The second kappa shape index (κ2) is 5.52.